The summed E-state index contributed by atoms with van der Waals surface area (Å²) in [6, 6.07) is 13.3. The highest BCUT2D eigenvalue weighted by Crippen LogP contribution is 2.17. The number of carbonyl (C=O) groups excluding carboxylic acids is 1. The number of carbonyl (C=O) groups is 1. The van der Waals surface area contributed by atoms with Gasteiger partial charge >= 0.3 is 0 Å². The van der Waals surface area contributed by atoms with Crippen molar-refractivity contribution in [2.45, 2.75) is 6.54 Å². The van der Waals surface area contributed by atoms with Crippen LogP contribution < -0.4 is 10.1 Å². The molecule has 0 spiro atoms. The lowest BCUT2D eigenvalue weighted by Gasteiger charge is -2.05. The van der Waals surface area contributed by atoms with Gasteiger partial charge in [-0.25, -0.2) is 9.67 Å². The molecule has 2 aromatic carbocycles. The van der Waals surface area contributed by atoms with E-state index >= 15 is 0 Å². The Balaban J connectivity index is 1.50. The van der Waals surface area contributed by atoms with Crippen LogP contribution in [0.15, 0.2) is 59.3 Å². The summed E-state index contributed by atoms with van der Waals surface area (Å²) < 4.78 is 7.89. The monoisotopic (exact) mass is 431 g/mol. The van der Waals surface area contributed by atoms with Crippen LogP contribution in [0.2, 0.25) is 0 Å². The molecular weight excluding hydrogens is 418 g/mol. The van der Waals surface area contributed by atoms with E-state index in [4.69, 9.17) is 4.74 Å². The van der Waals surface area contributed by atoms with E-state index in [1.807, 2.05) is 24.3 Å². The molecule has 0 aliphatic carbocycles. The lowest BCUT2D eigenvalue weighted by atomic mass is 10.2. The van der Waals surface area contributed by atoms with Gasteiger partial charge in [-0.2, -0.15) is 0 Å². The van der Waals surface area contributed by atoms with Crippen LogP contribution in [0.4, 0.5) is 11.6 Å². The van der Waals surface area contributed by atoms with Gasteiger partial charge in [-0.3, -0.25) is 20.2 Å². The Bertz CT molecular complexity index is 941. The van der Waals surface area contributed by atoms with Crippen LogP contribution in [-0.2, 0) is 11.3 Å². The molecule has 0 saturated carbocycles. The van der Waals surface area contributed by atoms with Gasteiger partial charge in [-0.1, -0.05) is 28.1 Å². The van der Waals surface area contributed by atoms with E-state index < -0.39 is 10.8 Å². The van der Waals surface area contributed by atoms with Gasteiger partial charge in [-0.15, -0.1) is 5.10 Å². The van der Waals surface area contributed by atoms with Crippen LogP contribution in [0.25, 0.3) is 0 Å². The molecule has 1 N–H and O–H groups in total. The van der Waals surface area contributed by atoms with Crippen molar-refractivity contribution in [2.75, 3.05) is 11.9 Å². The Hall–Kier alpha value is -3.27. The van der Waals surface area contributed by atoms with Crippen molar-refractivity contribution in [3.8, 4) is 5.75 Å². The predicted octanol–water partition coefficient (Wildman–Crippen LogP) is 3.01. The number of nitro groups is 1. The van der Waals surface area contributed by atoms with Crippen LogP contribution in [0.1, 0.15) is 5.56 Å². The first-order chi connectivity index (χ1) is 13.0. The van der Waals surface area contributed by atoms with Gasteiger partial charge in [0.2, 0.25) is 5.95 Å². The molecule has 138 valence electrons. The van der Waals surface area contributed by atoms with Crippen molar-refractivity contribution in [3.63, 3.8) is 0 Å². The number of non-ortho nitro benzene ring substituents is 1. The number of nitrogens with one attached hydrogen (secondary N) is 1. The number of rotatable bonds is 7. The minimum atomic E-state index is -0.507. The second-order valence-corrected chi connectivity index (χ2v) is 6.40. The standard InChI is InChI=1S/C17H14BrN5O4/c18-13-3-1-12(2-4-13)9-22-11-19-17(21-22)20-16(24)10-27-15-7-5-14(6-8-15)23(25)26/h1-8,11H,9-10H2,(H,20,21,24). The number of ether oxygens (including phenoxy) is 1. The normalized spacial score (nSPS) is 10.4. The van der Waals surface area contributed by atoms with Gasteiger partial charge in [0, 0.05) is 16.6 Å². The lowest BCUT2D eigenvalue weighted by molar-refractivity contribution is -0.384. The Morgan fingerprint density at radius 2 is 1.89 bits per heavy atom. The number of nitro benzene ring substituents is 1. The van der Waals surface area contributed by atoms with Crippen molar-refractivity contribution >= 4 is 33.5 Å². The number of aromatic nitrogens is 3. The molecule has 0 bridgehead atoms. The predicted molar refractivity (Wildman–Crippen MR) is 100 cm³/mol. The minimum absolute atomic E-state index is 0.0488. The first-order valence-electron chi connectivity index (χ1n) is 7.80. The second kappa shape index (κ2) is 8.41. The summed E-state index contributed by atoms with van der Waals surface area (Å²) in [5.74, 6) is 0.0867. The van der Waals surface area contributed by atoms with Gasteiger partial charge < -0.3 is 4.74 Å². The van der Waals surface area contributed by atoms with E-state index in [1.165, 1.54) is 30.6 Å². The summed E-state index contributed by atoms with van der Waals surface area (Å²) in [6.07, 6.45) is 1.52. The molecule has 9 nitrogen and oxygen atoms in total. The van der Waals surface area contributed by atoms with Crippen LogP contribution in [0, 0.1) is 10.1 Å². The van der Waals surface area contributed by atoms with Crippen LogP contribution in [0.3, 0.4) is 0 Å². The van der Waals surface area contributed by atoms with Gasteiger partial charge in [0.05, 0.1) is 11.5 Å². The average molecular weight is 432 g/mol. The quantitative estimate of drug-likeness (QED) is 0.454. The number of hydrogen-bond acceptors (Lipinski definition) is 6. The Labute approximate surface area is 162 Å². The lowest BCUT2D eigenvalue weighted by Crippen LogP contribution is -2.21. The second-order valence-electron chi connectivity index (χ2n) is 5.48. The Morgan fingerprint density at radius 1 is 1.19 bits per heavy atom. The van der Waals surface area contributed by atoms with Crippen LogP contribution in [0.5, 0.6) is 5.75 Å². The van der Waals surface area contributed by atoms with Gasteiger partial charge in [0.25, 0.3) is 11.6 Å². The van der Waals surface area contributed by atoms with E-state index in [-0.39, 0.29) is 18.2 Å². The first kappa shape index (κ1) is 18.5. The highest BCUT2D eigenvalue weighted by atomic mass is 79.9. The zero-order chi connectivity index (χ0) is 19.2. The van der Waals surface area contributed by atoms with Crippen molar-refractivity contribution in [1.82, 2.24) is 14.8 Å². The summed E-state index contributed by atoms with van der Waals surface area (Å²) in [5.41, 5.74) is 0.995. The smallest absolute Gasteiger partial charge is 0.269 e. The Kier molecular flexibility index (Phi) is 5.77. The third-order valence-corrected chi connectivity index (χ3v) is 3.99. The summed E-state index contributed by atoms with van der Waals surface area (Å²) in [6.45, 7) is 0.258. The van der Waals surface area contributed by atoms with Gasteiger partial charge in [-0.05, 0) is 29.8 Å². The topological polar surface area (TPSA) is 112 Å². The molecule has 27 heavy (non-hydrogen) atoms. The number of anilines is 1. The number of amides is 1. The maximum atomic E-state index is 11.9. The molecule has 0 fully saturated rings. The SMILES string of the molecule is O=C(COc1ccc([N+](=O)[O-])cc1)Nc1ncn(Cc2ccc(Br)cc2)n1. The molecular formula is C17H14BrN5O4. The fourth-order valence-corrected chi connectivity index (χ4v) is 2.44. The summed E-state index contributed by atoms with van der Waals surface area (Å²) in [7, 11) is 0. The Morgan fingerprint density at radius 3 is 2.56 bits per heavy atom. The molecule has 3 rings (SSSR count). The largest absolute Gasteiger partial charge is 0.484 e. The summed E-state index contributed by atoms with van der Waals surface area (Å²) in [5, 5.41) is 17.3. The van der Waals surface area contributed by atoms with E-state index in [2.05, 4.69) is 31.3 Å². The van der Waals surface area contributed by atoms with Crippen molar-refractivity contribution in [1.29, 1.82) is 0 Å². The molecule has 1 amide bonds. The van der Waals surface area contributed by atoms with Crippen molar-refractivity contribution in [3.05, 3.63) is 75.0 Å². The third-order valence-electron chi connectivity index (χ3n) is 3.46. The zero-order valence-corrected chi connectivity index (χ0v) is 15.5. The number of hydrogen-bond donors (Lipinski definition) is 1. The zero-order valence-electron chi connectivity index (χ0n) is 13.9. The number of benzene rings is 2. The molecule has 10 heteroatoms. The van der Waals surface area contributed by atoms with E-state index in [0.29, 0.717) is 12.3 Å². The number of halogens is 1. The fourth-order valence-electron chi connectivity index (χ4n) is 2.18. The van der Waals surface area contributed by atoms with Crippen LogP contribution >= 0.6 is 15.9 Å². The van der Waals surface area contributed by atoms with E-state index in [1.54, 1.807) is 4.68 Å². The van der Waals surface area contributed by atoms with Crippen molar-refractivity contribution < 1.29 is 14.5 Å². The molecule has 1 heterocycles. The third kappa shape index (κ3) is 5.35. The highest BCUT2D eigenvalue weighted by molar-refractivity contribution is 9.10. The molecule has 0 aliphatic rings. The first-order valence-corrected chi connectivity index (χ1v) is 8.60. The van der Waals surface area contributed by atoms with Gasteiger partial charge in [0.15, 0.2) is 6.61 Å². The summed E-state index contributed by atoms with van der Waals surface area (Å²) in [4.78, 5) is 26.1. The summed E-state index contributed by atoms with van der Waals surface area (Å²) >= 11 is 3.38. The van der Waals surface area contributed by atoms with E-state index in [9.17, 15) is 14.9 Å². The maximum absolute atomic E-state index is 11.9. The molecule has 0 radical (unpaired) electrons. The molecule has 0 atom stereocenters. The molecule has 0 saturated heterocycles. The fraction of sp³-hybridized carbons (Fsp3) is 0.118. The van der Waals surface area contributed by atoms with Crippen molar-refractivity contribution in [2.24, 2.45) is 0 Å². The molecule has 1 aromatic heterocycles. The number of nitrogens with zero attached hydrogens (tertiary/aromatic N) is 4. The maximum Gasteiger partial charge on any atom is 0.269 e. The van der Waals surface area contributed by atoms with Crippen LogP contribution in [-0.4, -0.2) is 32.2 Å². The molecule has 3 aromatic rings. The van der Waals surface area contributed by atoms with E-state index in [0.717, 1.165) is 10.0 Å². The minimum Gasteiger partial charge on any atom is -0.484 e. The highest BCUT2D eigenvalue weighted by Gasteiger charge is 2.09. The molecule has 0 unspecified atom stereocenters. The van der Waals surface area contributed by atoms with Gasteiger partial charge in [0.1, 0.15) is 12.1 Å². The average Bonchev–Trinajstić information content (AvgIpc) is 3.09. The molecule has 0 aliphatic heterocycles.